The number of hydrogen-bond donors (Lipinski definition) is 1. The molecule has 0 aromatic heterocycles. The first-order chi connectivity index (χ1) is 22.6. The number of ether oxygens (including phenoxy) is 5. The van der Waals surface area contributed by atoms with E-state index in [1.54, 1.807) is 59.3 Å². The van der Waals surface area contributed by atoms with Crippen molar-refractivity contribution in [2.24, 2.45) is 0 Å². The molecule has 3 aromatic rings. The molecule has 2 aliphatic rings. The van der Waals surface area contributed by atoms with E-state index in [4.69, 9.17) is 23.7 Å². The van der Waals surface area contributed by atoms with Crippen molar-refractivity contribution in [2.75, 3.05) is 13.2 Å². The van der Waals surface area contributed by atoms with E-state index in [1.165, 1.54) is 43.3 Å². The van der Waals surface area contributed by atoms with Crippen LogP contribution in [-0.2, 0) is 43.5 Å². The van der Waals surface area contributed by atoms with Crippen molar-refractivity contribution in [2.45, 2.75) is 31.5 Å². The topological polar surface area (TPSA) is 181 Å². The molecule has 244 valence electrons. The van der Waals surface area contributed by atoms with Crippen LogP contribution in [0.25, 0.3) is 0 Å². The summed E-state index contributed by atoms with van der Waals surface area (Å²) < 4.78 is 56.6. The van der Waals surface area contributed by atoms with E-state index < -0.39 is 76.7 Å². The molecule has 2 heterocycles. The maximum Gasteiger partial charge on any atom is 0.345 e. The lowest BCUT2D eigenvalue weighted by Gasteiger charge is -2.33. The Morgan fingerprint density at radius 3 is 1.72 bits per heavy atom. The highest BCUT2D eigenvalue weighted by Gasteiger charge is 2.55. The van der Waals surface area contributed by atoms with Crippen LogP contribution in [-0.4, -0.2) is 80.3 Å². The summed E-state index contributed by atoms with van der Waals surface area (Å²) in [4.78, 5) is 64.5. The van der Waals surface area contributed by atoms with Crippen molar-refractivity contribution in [1.29, 1.82) is 0 Å². The number of amides is 1. The van der Waals surface area contributed by atoms with Crippen LogP contribution in [0.1, 0.15) is 38.0 Å². The summed E-state index contributed by atoms with van der Waals surface area (Å²) in [6.45, 7) is 0.769. The van der Waals surface area contributed by atoms with Gasteiger partial charge in [-0.05, 0) is 43.3 Å². The van der Waals surface area contributed by atoms with Gasteiger partial charge in [0.2, 0.25) is 0 Å². The minimum atomic E-state index is -4.79. The molecule has 0 aliphatic carbocycles. The Hall–Kier alpha value is -5.54. The van der Waals surface area contributed by atoms with Crippen LogP contribution in [0.2, 0.25) is 0 Å². The number of benzene rings is 3. The second-order valence-corrected chi connectivity index (χ2v) is 11.6. The number of hydrogen-bond acceptors (Lipinski definition) is 12. The fourth-order valence-corrected chi connectivity index (χ4v) is 5.84. The van der Waals surface area contributed by atoms with Crippen LogP contribution in [0, 0.1) is 0 Å². The van der Waals surface area contributed by atoms with Crippen molar-refractivity contribution in [3.8, 4) is 0 Å². The van der Waals surface area contributed by atoms with Crippen LogP contribution in [0.5, 0.6) is 0 Å². The average molecular weight is 665 g/mol. The molecule has 1 fully saturated rings. The van der Waals surface area contributed by atoms with Gasteiger partial charge >= 0.3 is 34.1 Å². The first kappa shape index (κ1) is 32.8. The van der Waals surface area contributed by atoms with E-state index in [0.29, 0.717) is 10.5 Å². The molecule has 15 heteroatoms. The van der Waals surface area contributed by atoms with Gasteiger partial charge in [-0.1, -0.05) is 54.6 Å². The highest BCUT2D eigenvalue weighted by molar-refractivity contribution is 7.88. The monoisotopic (exact) mass is 664 g/mol. The molecule has 1 N–H and O–H groups in total. The summed E-state index contributed by atoms with van der Waals surface area (Å²) >= 11 is 0. The van der Waals surface area contributed by atoms with Gasteiger partial charge in [0.1, 0.15) is 18.3 Å². The largest absolute Gasteiger partial charge is 0.462 e. The zero-order valence-electron chi connectivity index (χ0n) is 24.7. The first-order valence-corrected chi connectivity index (χ1v) is 15.7. The SMILES string of the molecule is CCOC(=O)C1=CN([C@@H]2O[C@H](COC(=O)c3ccccc3)[C@@H](OC(=O)c3ccccc3)[C@H]2OC(=O)c2ccccc2)S(=O)(=O)NC1=O. The van der Waals surface area contributed by atoms with Crippen molar-refractivity contribution >= 4 is 40.0 Å². The van der Waals surface area contributed by atoms with Crippen LogP contribution >= 0.6 is 0 Å². The normalized spacial score (nSPS) is 21.5. The molecule has 3 aromatic carbocycles. The third-order valence-corrected chi connectivity index (χ3v) is 8.24. The molecule has 0 saturated carbocycles. The Bertz CT molecular complexity index is 1780. The van der Waals surface area contributed by atoms with E-state index in [-0.39, 0.29) is 23.3 Å². The van der Waals surface area contributed by atoms with Gasteiger partial charge in [-0.2, -0.15) is 8.42 Å². The number of rotatable bonds is 10. The van der Waals surface area contributed by atoms with Crippen molar-refractivity contribution < 1.29 is 56.1 Å². The highest BCUT2D eigenvalue weighted by Crippen LogP contribution is 2.34. The fourth-order valence-electron chi connectivity index (χ4n) is 4.71. The van der Waals surface area contributed by atoms with E-state index in [9.17, 15) is 32.4 Å². The summed E-state index contributed by atoms with van der Waals surface area (Å²) in [5.74, 6) is -5.01. The number of nitrogens with one attached hydrogen (secondary N) is 1. The summed E-state index contributed by atoms with van der Waals surface area (Å²) in [7, 11) is -4.79. The maximum absolute atomic E-state index is 13.3. The van der Waals surface area contributed by atoms with E-state index in [1.807, 2.05) is 0 Å². The number of carbonyl (C=O) groups excluding carboxylic acids is 5. The second-order valence-electron chi connectivity index (χ2n) is 10.0. The molecular formula is C32H28N2O12S. The van der Waals surface area contributed by atoms with Crippen molar-refractivity contribution in [3.63, 3.8) is 0 Å². The van der Waals surface area contributed by atoms with Gasteiger partial charge in [-0.15, -0.1) is 0 Å². The Labute approximate surface area is 269 Å². The highest BCUT2D eigenvalue weighted by atomic mass is 32.2. The third kappa shape index (κ3) is 7.48. The van der Waals surface area contributed by atoms with Crippen LogP contribution in [0.4, 0.5) is 0 Å². The van der Waals surface area contributed by atoms with Crippen LogP contribution < -0.4 is 4.72 Å². The van der Waals surface area contributed by atoms with Gasteiger partial charge in [-0.25, -0.2) is 28.2 Å². The minimum absolute atomic E-state index is 0.0656. The lowest BCUT2D eigenvalue weighted by atomic mass is 10.1. The first-order valence-electron chi connectivity index (χ1n) is 14.2. The van der Waals surface area contributed by atoms with Gasteiger partial charge in [0.25, 0.3) is 5.91 Å². The van der Waals surface area contributed by atoms with Gasteiger partial charge < -0.3 is 23.7 Å². The van der Waals surface area contributed by atoms with Gasteiger partial charge in [0, 0.05) is 6.20 Å². The van der Waals surface area contributed by atoms with Crippen molar-refractivity contribution in [1.82, 2.24) is 9.03 Å². The Morgan fingerprint density at radius 2 is 1.21 bits per heavy atom. The van der Waals surface area contributed by atoms with E-state index >= 15 is 0 Å². The molecule has 0 spiro atoms. The molecule has 5 rings (SSSR count). The van der Waals surface area contributed by atoms with Gasteiger partial charge in [0.15, 0.2) is 18.4 Å². The molecule has 1 saturated heterocycles. The lowest BCUT2D eigenvalue weighted by Crippen LogP contribution is -2.55. The van der Waals surface area contributed by atoms with Gasteiger partial charge in [0.05, 0.1) is 23.3 Å². The molecule has 0 unspecified atom stereocenters. The minimum Gasteiger partial charge on any atom is -0.462 e. The average Bonchev–Trinajstić information content (AvgIpc) is 3.39. The third-order valence-electron chi connectivity index (χ3n) is 6.93. The fraction of sp³-hybridized carbons (Fsp3) is 0.219. The van der Waals surface area contributed by atoms with Gasteiger partial charge in [-0.3, -0.25) is 4.79 Å². The predicted molar refractivity (Wildman–Crippen MR) is 160 cm³/mol. The quantitative estimate of drug-likeness (QED) is 0.190. The van der Waals surface area contributed by atoms with E-state index in [0.717, 1.165) is 0 Å². The van der Waals surface area contributed by atoms with Crippen LogP contribution in [0.3, 0.4) is 0 Å². The second kappa shape index (κ2) is 14.3. The van der Waals surface area contributed by atoms with Crippen LogP contribution in [0.15, 0.2) is 103 Å². The molecule has 4 atom stereocenters. The van der Waals surface area contributed by atoms with Crippen molar-refractivity contribution in [3.05, 3.63) is 119 Å². The zero-order valence-corrected chi connectivity index (χ0v) is 25.5. The summed E-state index contributed by atoms with van der Waals surface area (Å²) in [5, 5.41) is 0. The molecule has 47 heavy (non-hydrogen) atoms. The number of nitrogens with zero attached hydrogens (tertiary/aromatic N) is 1. The molecule has 2 aliphatic heterocycles. The maximum atomic E-state index is 13.3. The van der Waals surface area contributed by atoms with E-state index in [2.05, 4.69) is 0 Å². The number of esters is 4. The lowest BCUT2D eigenvalue weighted by molar-refractivity contribution is -0.140. The summed E-state index contributed by atoms with van der Waals surface area (Å²) in [6, 6.07) is 23.4. The molecule has 14 nitrogen and oxygen atoms in total. The summed E-state index contributed by atoms with van der Waals surface area (Å²) in [5.41, 5.74) is -0.340. The Kier molecular flexibility index (Phi) is 9.97. The molecule has 1 amide bonds. The predicted octanol–water partition coefficient (Wildman–Crippen LogP) is 2.14. The molecule has 0 radical (unpaired) electrons. The smallest absolute Gasteiger partial charge is 0.345 e. The molecule has 0 bridgehead atoms. The number of carbonyl (C=O) groups is 5. The Morgan fingerprint density at radius 1 is 0.723 bits per heavy atom. The zero-order chi connectivity index (χ0) is 33.6. The standard InChI is InChI=1S/C32H28N2O12S/c1-2-42-32(39)23-18-34(47(40,41)33-27(23)35)28-26(46-31(38)22-16-10-5-11-17-22)25(45-30(37)21-14-8-4-9-15-21)24(44-28)19-43-29(36)20-12-6-3-7-13-20/h3-18,24-26,28H,2,19H2,1H3,(H,33,35)/t24-,25-,26-,28-/m1/s1. The molecular weight excluding hydrogens is 636 g/mol. The summed E-state index contributed by atoms with van der Waals surface area (Å²) in [6.07, 6.45) is -5.88. The Balaban J connectivity index is 1.55.